The molecule has 3 rings (SSSR count). The Morgan fingerprint density at radius 2 is 2.04 bits per heavy atom. The van der Waals surface area contributed by atoms with Crippen LogP contribution in [0, 0.1) is 0 Å². The fourth-order valence-electron chi connectivity index (χ4n) is 2.53. The largest absolute Gasteiger partial charge is 0.481 e. The van der Waals surface area contributed by atoms with Gasteiger partial charge in [0.15, 0.2) is 11.5 Å². The van der Waals surface area contributed by atoms with Gasteiger partial charge in [-0.3, -0.25) is 14.5 Å². The number of amides is 1. The van der Waals surface area contributed by atoms with E-state index in [1.54, 1.807) is 24.3 Å². The Morgan fingerprint density at radius 3 is 2.73 bits per heavy atom. The summed E-state index contributed by atoms with van der Waals surface area (Å²) < 4.78 is 10.6. The predicted molar refractivity (Wildman–Crippen MR) is 95.9 cm³/mol. The molecule has 0 spiro atoms. The molecule has 136 valence electrons. The highest BCUT2D eigenvalue weighted by Crippen LogP contribution is 2.37. The van der Waals surface area contributed by atoms with Crippen LogP contribution < -0.4 is 9.47 Å². The molecule has 1 aromatic rings. The van der Waals surface area contributed by atoms with Crippen LogP contribution >= 0.6 is 24.0 Å². The molecule has 0 aliphatic carbocycles. The number of carbonyl (C=O) groups excluding carboxylic acids is 1. The van der Waals surface area contributed by atoms with Crippen LogP contribution in [0.2, 0.25) is 0 Å². The molecule has 8 nitrogen and oxygen atoms in total. The van der Waals surface area contributed by atoms with Crippen LogP contribution in [0.25, 0.3) is 6.08 Å². The van der Waals surface area contributed by atoms with Crippen molar-refractivity contribution in [2.45, 2.75) is 18.9 Å². The van der Waals surface area contributed by atoms with Crippen LogP contribution in [-0.4, -0.2) is 50.1 Å². The SMILES string of the molecule is O=C(O)CC[C@H](C(=O)O)N1C(=O)/C(=C/c2ccc3c(c2)OCO3)SC1=S. The third-order valence-electron chi connectivity index (χ3n) is 3.75. The molecule has 2 heterocycles. The number of hydrogen-bond donors (Lipinski definition) is 2. The number of thioether (sulfide) groups is 1. The van der Waals surface area contributed by atoms with E-state index in [0.29, 0.717) is 17.1 Å². The highest BCUT2D eigenvalue weighted by atomic mass is 32.2. The van der Waals surface area contributed by atoms with Crippen molar-refractivity contribution < 1.29 is 34.1 Å². The smallest absolute Gasteiger partial charge is 0.326 e. The fourth-order valence-corrected chi connectivity index (χ4v) is 3.88. The first-order valence-electron chi connectivity index (χ1n) is 7.48. The number of aliphatic carboxylic acids is 2. The minimum atomic E-state index is -1.32. The summed E-state index contributed by atoms with van der Waals surface area (Å²) in [5.74, 6) is -1.84. The highest BCUT2D eigenvalue weighted by molar-refractivity contribution is 8.26. The predicted octanol–water partition coefficient (Wildman–Crippen LogP) is 1.93. The average molecular weight is 395 g/mol. The van der Waals surface area contributed by atoms with Gasteiger partial charge in [0, 0.05) is 6.42 Å². The minimum Gasteiger partial charge on any atom is -0.481 e. The number of ether oxygens (including phenoxy) is 2. The molecule has 2 N–H and O–H groups in total. The molecule has 0 radical (unpaired) electrons. The van der Waals surface area contributed by atoms with Crippen LogP contribution in [-0.2, 0) is 14.4 Å². The van der Waals surface area contributed by atoms with Crippen molar-refractivity contribution in [3.8, 4) is 11.5 Å². The van der Waals surface area contributed by atoms with Crippen LogP contribution in [0.15, 0.2) is 23.1 Å². The Morgan fingerprint density at radius 1 is 1.31 bits per heavy atom. The molecule has 26 heavy (non-hydrogen) atoms. The number of carbonyl (C=O) groups is 3. The van der Waals surface area contributed by atoms with Crippen molar-refractivity contribution >= 4 is 52.2 Å². The summed E-state index contributed by atoms with van der Waals surface area (Å²) >= 11 is 6.11. The number of hydrogen-bond acceptors (Lipinski definition) is 7. The van der Waals surface area contributed by atoms with Gasteiger partial charge in [-0.05, 0) is 30.2 Å². The van der Waals surface area contributed by atoms with Gasteiger partial charge < -0.3 is 19.7 Å². The molecule has 0 saturated carbocycles. The van der Waals surface area contributed by atoms with E-state index in [1.807, 2.05) is 0 Å². The molecule has 1 atom stereocenters. The summed E-state index contributed by atoms with van der Waals surface area (Å²) in [6, 6.07) is 3.83. The Hall–Kier alpha value is -2.59. The third-order valence-corrected chi connectivity index (χ3v) is 5.08. The normalized spacial score (nSPS) is 18.5. The molecule has 1 saturated heterocycles. The third kappa shape index (κ3) is 3.65. The van der Waals surface area contributed by atoms with Crippen molar-refractivity contribution in [1.29, 1.82) is 0 Å². The fraction of sp³-hybridized carbons (Fsp3) is 0.250. The van der Waals surface area contributed by atoms with Crippen LogP contribution in [0.3, 0.4) is 0 Å². The Bertz CT molecular complexity index is 836. The molecule has 1 aromatic carbocycles. The maximum absolute atomic E-state index is 12.6. The monoisotopic (exact) mass is 395 g/mol. The van der Waals surface area contributed by atoms with Crippen molar-refractivity contribution in [2.75, 3.05) is 6.79 Å². The second-order valence-electron chi connectivity index (χ2n) is 5.45. The van der Waals surface area contributed by atoms with Gasteiger partial charge in [-0.1, -0.05) is 30.0 Å². The van der Waals surface area contributed by atoms with Crippen molar-refractivity contribution in [3.63, 3.8) is 0 Å². The lowest BCUT2D eigenvalue weighted by molar-refractivity contribution is -0.146. The number of benzene rings is 1. The Kier molecular flexibility index (Phi) is 5.14. The standard InChI is InChI=1S/C16H13NO7S2/c18-13(19)4-2-9(15(21)22)17-14(20)12(26-16(17)25)6-8-1-3-10-11(5-8)24-7-23-10/h1,3,5-6,9H,2,4,7H2,(H,18,19)(H,21,22)/b12-6-/t9-/m1/s1. The first-order valence-corrected chi connectivity index (χ1v) is 8.70. The topological polar surface area (TPSA) is 113 Å². The van der Waals surface area contributed by atoms with E-state index in [-0.39, 0.29) is 28.9 Å². The molecular formula is C16H13NO7S2. The van der Waals surface area contributed by atoms with Gasteiger partial charge >= 0.3 is 11.9 Å². The maximum atomic E-state index is 12.6. The second-order valence-corrected chi connectivity index (χ2v) is 7.13. The highest BCUT2D eigenvalue weighted by Gasteiger charge is 2.40. The van der Waals surface area contributed by atoms with Crippen LogP contribution in [0.4, 0.5) is 0 Å². The number of nitrogens with zero attached hydrogens (tertiary/aromatic N) is 1. The molecule has 2 aliphatic rings. The average Bonchev–Trinajstić information content (AvgIpc) is 3.13. The summed E-state index contributed by atoms with van der Waals surface area (Å²) in [5.41, 5.74) is 0.673. The van der Waals surface area contributed by atoms with Crippen molar-refractivity contribution in [3.05, 3.63) is 28.7 Å². The van der Waals surface area contributed by atoms with E-state index in [1.165, 1.54) is 0 Å². The van der Waals surface area contributed by atoms with E-state index in [2.05, 4.69) is 0 Å². The second kappa shape index (κ2) is 7.34. The molecule has 1 amide bonds. The first kappa shape index (κ1) is 18.2. The Labute approximate surface area is 157 Å². The van der Waals surface area contributed by atoms with E-state index in [9.17, 15) is 19.5 Å². The number of carboxylic acid groups (broad SMARTS) is 2. The van der Waals surface area contributed by atoms with Gasteiger partial charge in [-0.25, -0.2) is 4.79 Å². The van der Waals surface area contributed by atoms with E-state index in [4.69, 9.17) is 26.8 Å². The zero-order valence-corrected chi connectivity index (χ0v) is 14.8. The minimum absolute atomic E-state index is 0.0831. The summed E-state index contributed by atoms with van der Waals surface area (Å²) in [5, 5.41) is 18.1. The molecule has 10 heteroatoms. The van der Waals surface area contributed by atoms with Crippen molar-refractivity contribution in [2.24, 2.45) is 0 Å². The number of carboxylic acids is 2. The summed E-state index contributed by atoms with van der Waals surface area (Å²) in [6.45, 7) is 0.130. The molecular weight excluding hydrogens is 382 g/mol. The zero-order valence-electron chi connectivity index (χ0n) is 13.2. The van der Waals surface area contributed by atoms with Gasteiger partial charge in [0.1, 0.15) is 10.4 Å². The zero-order chi connectivity index (χ0) is 18.8. The van der Waals surface area contributed by atoms with E-state index < -0.39 is 23.9 Å². The van der Waals surface area contributed by atoms with E-state index >= 15 is 0 Å². The molecule has 0 aromatic heterocycles. The molecule has 0 unspecified atom stereocenters. The lowest BCUT2D eigenvalue weighted by Gasteiger charge is -2.22. The summed E-state index contributed by atoms with van der Waals surface area (Å²) in [6.07, 6.45) is 0.973. The van der Waals surface area contributed by atoms with Gasteiger partial charge in [0.25, 0.3) is 5.91 Å². The Balaban J connectivity index is 1.83. The lowest BCUT2D eigenvalue weighted by atomic mass is 10.1. The van der Waals surface area contributed by atoms with Gasteiger partial charge in [-0.2, -0.15) is 0 Å². The van der Waals surface area contributed by atoms with Crippen LogP contribution in [0.5, 0.6) is 11.5 Å². The van der Waals surface area contributed by atoms with Gasteiger partial charge in [0.2, 0.25) is 6.79 Å². The molecule has 0 bridgehead atoms. The molecule has 1 fully saturated rings. The maximum Gasteiger partial charge on any atom is 0.326 e. The van der Waals surface area contributed by atoms with Gasteiger partial charge in [0.05, 0.1) is 4.91 Å². The molecule has 2 aliphatic heterocycles. The number of thiocarbonyl (C=S) groups is 1. The van der Waals surface area contributed by atoms with Crippen molar-refractivity contribution in [1.82, 2.24) is 4.90 Å². The van der Waals surface area contributed by atoms with Gasteiger partial charge in [-0.15, -0.1) is 0 Å². The number of rotatable bonds is 6. The number of fused-ring (bicyclic) bond motifs is 1. The first-order chi connectivity index (χ1) is 12.4. The lowest BCUT2D eigenvalue weighted by Crippen LogP contribution is -2.44. The van der Waals surface area contributed by atoms with Crippen LogP contribution in [0.1, 0.15) is 18.4 Å². The quantitative estimate of drug-likeness (QED) is 0.551. The van der Waals surface area contributed by atoms with E-state index in [0.717, 1.165) is 16.7 Å². The summed E-state index contributed by atoms with van der Waals surface area (Å²) in [7, 11) is 0. The summed E-state index contributed by atoms with van der Waals surface area (Å²) in [4.78, 5) is 36.1.